The Labute approximate surface area is 148 Å². The summed E-state index contributed by atoms with van der Waals surface area (Å²) < 4.78 is 5.02. The molecular formula is C18H23Cl2NO2. The van der Waals surface area contributed by atoms with E-state index < -0.39 is 0 Å². The molecule has 126 valence electrons. The minimum atomic E-state index is 0.00904. The van der Waals surface area contributed by atoms with Crippen LogP contribution in [0.15, 0.2) is 30.3 Å². The highest BCUT2D eigenvalue weighted by Gasteiger charge is 2.07. The van der Waals surface area contributed by atoms with Gasteiger partial charge < -0.3 is 15.6 Å². The molecule has 0 heterocycles. The second kappa shape index (κ2) is 9.02. The van der Waals surface area contributed by atoms with Crippen molar-refractivity contribution >= 4 is 23.2 Å². The molecule has 2 rings (SSSR count). The van der Waals surface area contributed by atoms with Crippen molar-refractivity contribution in [2.45, 2.75) is 33.2 Å². The Morgan fingerprint density at radius 3 is 2.13 bits per heavy atom. The fourth-order valence-electron chi connectivity index (χ4n) is 2.06. The summed E-state index contributed by atoms with van der Waals surface area (Å²) in [5.74, 6) is 1.14. The first-order valence-corrected chi connectivity index (χ1v) is 8.10. The zero-order chi connectivity index (χ0) is 17.6. The van der Waals surface area contributed by atoms with Crippen molar-refractivity contribution in [3.63, 3.8) is 0 Å². The third-order valence-electron chi connectivity index (χ3n) is 3.50. The summed E-state index contributed by atoms with van der Waals surface area (Å²) in [4.78, 5) is 0. The number of hydrogen-bond acceptors (Lipinski definition) is 3. The maximum Gasteiger partial charge on any atom is 0.121 e. The maximum atomic E-state index is 9.37. The van der Waals surface area contributed by atoms with Crippen LogP contribution in [0.4, 0.5) is 0 Å². The molecule has 0 aliphatic rings. The molecule has 0 saturated heterocycles. The fraction of sp³-hybridized carbons (Fsp3) is 0.333. The first-order chi connectivity index (χ1) is 10.8. The van der Waals surface area contributed by atoms with Crippen LogP contribution in [0, 0.1) is 13.8 Å². The number of ether oxygens (including phenoxy) is 1. The van der Waals surface area contributed by atoms with Crippen molar-refractivity contribution in [1.82, 2.24) is 0 Å². The molecule has 2 aromatic carbocycles. The quantitative estimate of drug-likeness (QED) is 0.772. The summed E-state index contributed by atoms with van der Waals surface area (Å²) in [5.41, 5.74) is 8.48. The Morgan fingerprint density at radius 1 is 1.13 bits per heavy atom. The van der Waals surface area contributed by atoms with Crippen LogP contribution in [0.3, 0.4) is 0 Å². The van der Waals surface area contributed by atoms with Gasteiger partial charge in [0.05, 0.1) is 7.11 Å². The van der Waals surface area contributed by atoms with Gasteiger partial charge in [0.25, 0.3) is 0 Å². The van der Waals surface area contributed by atoms with E-state index >= 15 is 0 Å². The summed E-state index contributed by atoms with van der Waals surface area (Å²) in [5, 5.41) is 10.7. The number of rotatable bonds is 3. The zero-order valence-corrected chi connectivity index (χ0v) is 15.4. The summed E-state index contributed by atoms with van der Waals surface area (Å²) >= 11 is 11.7. The minimum Gasteiger partial charge on any atom is -0.507 e. The molecule has 0 aromatic heterocycles. The number of nitrogens with two attached hydrogens (primary N) is 1. The molecule has 1 unspecified atom stereocenters. The average Bonchev–Trinajstić information content (AvgIpc) is 2.52. The van der Waals surface area contributed by atoms with E-state index in [4.69, 9.17) is 33.7 Å². The van der Waals surface area contributed by atoms with Gasteiger partial charge in [-0.05, 0) is 61.2 Å². The molecule has 5 heteroatoms. The van der Waals surface area contributed by atoms with Crippen LogP contribution in [0.5, 0.6) is 11.5 Å². The molecule has 3 N–H and O–H groups in total. The molecule has 1 atom stereocenters. The van der Waals surface area contributed by atoms with E-state index in [-0.39, 0.29) is 6.04 Å². The zero-order valence-electron chi connectivity index (χ0n) is 13.9. The number of phenols is 1. The topological polar surface area (TPSA) is 55.5 Å². The number of aromatic hydroxyl groups is 1. The lowest BCUT2D eigenvalue weighted by atomic mass is 10.1. The van der Waals surface area contributed by atoms with Gasteiger partial charge in [0, 0.05) is 16.1 Å². The van der Waals surface area contributed by atoms with E-state index in [1.807, 2.05) is 39.0 Å². The number of benzene rings is 2. The first kappa shape index (κ1) is 19.6. The lowest BCUT2D eigenvalue weighted by Gasteiger charge is -2.10. The highest BCUT2D eigenvalue weighted by atomic mass is 35.5. The third kappa shape index (κ3) is 5.61. The molecule has 23 heavy (non-hydrogen) atoms. The predicted molar refractivity (Wildman–Crippen MR) is 97.8 cm³/mol. The Kier molecular flexibility index (Phi) is 7.69. The van der Waals surface area contributed by atoms with Crippen molar-refractivity contribution in [2.75, 3.05) is 7.11 Å². The van der Waals surface area contributed by atoms with Crippen LogP contribution in [-0.4, -0.2) is 12.2 Å². The Balaban J connectivity index is 0.000000231. The molecule has 0 aliphatic carbocycles. The van der Waals surface area contributed by atoms with Crippen molar-refractivity contribution < 1.29 is 9.84 Å². The van der Waals surface area contributed by atoms with Gasteiger partial charge in [0.1, 0.15) is 11.5 Å². The molecule has 0 saturated carbocycles. The van der Waals surface area contributed by atoms with E-state index in [1.54, 1.807) is 19.2 Å². The normalized spacial score (nSPS) is 11.4. The Morgan fingerprint density at radius 2 is 1.70 bits per heavy atom. The number of hydrogen-bond donors (Lipinski definition) is 2. The van der Waals surface area contributed by atoms with Gasteiger partial charge in [-0.15, -0.1) is 0 Å². The SMILES string of the molecule is CCC(N)c1ccc(Cl)cc1Cl.COc1cc(C)c(O)c(C)c1. The summed E-state index contributed by atoms with van der Waals surface area (Å²) in [6.45, 7) is 5.73. The van der Waals surface area contributed by atoms with Crippen molar-refractivity contribution in [3.8, 4) is 11.5 Å². The lowest BCUT2D eigenvalue weighted by molar-refractivity contribution is 0.410. The van der Waals surface area contributed by atoms with Crippen LogP contribution >= 0.6 is 23.2 Å². The largest absolute Gasteiger partial charge is 0.507 e. The monoisotopic (exact) mass is 355 g/mol. The summed E-state index contributed by atoms with van der Waals surface area (Å²) in [6, 6.07) is 9.02. The van der Waals surface area contributed by atoms with Gasteiger partial charge in [-0.1, -0.05) is 36.2 Å². The van der Waals surface area contributed by atoms with Crippen LogP contribution in [0.2, 0.25) is 10.0 Å². The van der Waals surface area contributed by atoms with Gasteiger partial charge in [0.15, 0.2) is 0 Å². The maximum absolute atomic E-state index is 9.37. The van der Waals surface area contributed by atoms with Gasteiger partial charge in [-0.3, -0.25) is 0 Å². The summed E-state index contributed by atoms with van der Waals surface area (Å²) in [6.07, 6.45) is 0.876. The van der Waals surface area contributed by atoms with E-state index in [1.165, 1.54) is 0 Å². The molecule has 0 spiro atoms. The van der Waals surface area contributed by atoms with E-state index in [9.17, 15) is 5.11 Å². The van der Waals surface area contributed by atoms with Gasteiger partial charge in [-0.2, -0.15) is 0 Å². The smallest absolute Gasteiger partial charge is 0.121 e. The van der Waals surface area contributed by atoms with Crippen molar-refractivity contribution in [1.29, 1.82) is 0 Å². The predicted octanol–water partition coefficient (Wildman–Crippen LogP) is 5.42. The molecule has 0 amide bonds. The van der Waals surface area contributed by atoms with E-state index in [0.717, 1.165) is 28.9 Å². The van der Waals surface area contributed by atoms with Crippen LogP contribution < -0.4 is 10.5 Å². The number of phenolic OH excluding ortho intramolecular Hbond substituents is 1. The van der Waals surface area contributed by atoms with Crippen molar-refractivity contribution in [3.05, 3.63) is 57.1 Å². The van der Waals surface area contributed by atoms with Crippen LogP contribution in [0.1, 0.15) is 36.1 Å². The fourth-order valence-corrected chi connectivity index (χ4v) is 2.60. The first-order valence-electron chi connectivity index (χ1n) is 7.34. The molecular weight excluding hydrogens is 333 g/mol. The number of halogens is 2. The molecule has 0 fully saturated rings. The molecule has 0 radical (unpaired) electrons. The number of methoxy groups -OCH3 is 1. The van der Waals surface area contributed by atoms with Crippen LogP contribution in [0.25, 0.3) is 0 Å². The Hall–Kier alpha value is -1.42. The molecule has 0 aliphatic heterocycles. The van der Waals surface area contributed by atoms with Crippen molar-refractivity contribution in [2.24, 2.45) is 5.73 Å². The highest BCUT2D eigenvalue weighted by Crippen LogP contribution is 2.27. The Bertz CT molecular complexity index is 636. The second-order valence-electron chi connectivity index (χ2n) is 5.29. The molecule has 3 nitrogen and oxygen atoms in total. The average molecular weight is 356 g/mol. The highest BCUT2D eigenvalue weighted by molar-refractivity contribution is 6.35. The standard InChI is InChI=1S/C9H11Cl2N.C9H12O2/c1-2-9(12)7-4-3-6(10)5-8(7)11;1-6-4-8(11-3)5-7(2)9(6)10/h3-5,9H,2,12H2,1H3;4-5,10H,1-3H3. The summed E-state index contributed by atoms with van der Waals surface area (Å²) in [7, 11) is 1.62. The van der Waals surface area contributed by atoms with Gasteiger partial charge in [0.2, 0.25) is 0 Å². The molecule has 0 bridgehead atoms. The van der Waals surface area contributed by atoms with E-state index in [2.05, 4.69) is 0 Å². The molecule has 2 aromatic rings. The minimum absolute atomic E-state index is 0.00904. The lowest BCUT2D eigenvalue weighted by Crippen LogP contribution is -2.08. The van der Waals surface area contributed by atoms with Gasteiger partial charge >= 0.3 is 0 Å². The second-order valence-corrected chi connectivity index (χ2v) is 6.13. The van der Waals surface area contributed by atoms with Crippen LogP contribution in [-0.2, 0) is 0 Å². The van der Waals surface area contributed by atoms with Gasteiger partial charge in [-0.25, -0.2) is 0 Å². The number of aryl methyl sites for hydroxylation is 2. The third-order valence-corrected chi connectivity index (χ3v) is 4.06. The van der Waals surface area contributed by atoms with E-state index in [0.29, 0.717) is 15.8 Å².